The van der Waals surface area contributed by atoms with Crippen LogP contribution in [0.4, 0.5) is 0 Å². The first-order valence-electron chi connectivity index (χ1n) is 5.58. The lowest BCUT2D eigenvalue weighted by molar-refractivity contribution is 0.0697. The monoisotopic (exact) mass is 266 g/mol. The van der Waals surface area contributed by atoms with Gasteiger partial charge in [-0.25, -0.2) is 4.79 Å². The first kappa shape index (κ1) is 12.6. The van der Waals surface area contributed by atoms with E-state index in [9.17, 15) is 4.79 Å². The van der Waals surface area contributed by atoms with E-state index in [0.717, 1.165) is 17.0 Å². The number of thiophene rings is 1. The second kappa shape index (κ2) is 5.22. The molecule has 0 atom stereocenters. The van der Waals surface area contributed by atoms with Crippen LogP contribution in [0.25, 0.3) is 0 Å². The highest BCUT2D eigenvalue weighted by molar-refractivity contribution is 7.14. The van der Waals surface area contributed by atoms with Crippen LogP contribution in [-0.2, 0) is 13.2 Å². The molecule has 2 rings (SSSR count). The molecule has 0 saturated carbocycles. The van der Waals surface area contributed by atoms with E-state index < -0.39 is 5.97 Å². The molecule has 2 aromatic rings. The molecule has 0 aliphatic rings. The number of hydrogen-bond donors (Lipinski definition) is 1. The van der Waals surface area contributed by atoms with Crippen molar-refractivity contribution in [1.29, 1.82) is 0 Å². The van der Waals surface area contributed by atoms with E-state index in [2.05, 4.69) is 5.10 Å². The van der Waals surface area contributed by atoms with Gasteiger partial charge in [-0.15, -0.1) is 11.3 Å². The molecule has 0 spiro atoms. The van der Waals surface area contributed by atoms with Crippen LogP contribution >= 0.6 is 11.3 Å². The zero-order valence-electron chi connectivity index (χ0n) is 10.2. The fourth-order valence-corrected chi connectivity index (χ4v) is 2.36. The van der Waals surface area contributed by atoms with Gasteiger partial charge in [0, 0.05) is 23.2 Å². The zero-order chi connectivity index (χ0) is 13.1. The lowest BCUT2D eigenvalue weighted by Gasteiger charge is -2.02. The summed E-state index contributed by atoms with van der Waals surface area (Å²) in [4.78, 5) is 12.2. The minimum Gasteiger partial charge on any atom is -0.487 e. The number of aromatic nitrogens is 2. The summed E-state index contributed by atoms with van der Waals surface area (Å²) in [5.41, 5.74) is 0.928. The van der Waals surface area contributed by atoms with Crippen LogP contribution in [0.1, 0.15) is 27.0 Å². The van der Waals surface area contributed by atoms with Crippen molar-refractivity contribution in [2.24, 2.45) is 0 Å². The van der Waals surface area contributed by atoms with Gasteiger partial charge >= 0.3 is 5.97 Å². The van der Waals surface area contributed by atoms with E-state index in [1.807, 2.05) is 20.0 Å². The fraction of sp³-hybridized carbons (Fsp3) is 0.333. The molecule has 0 aliphatic heterocycles. The Labute approximate surface area is 109 Å². The van der Waals surface area contributed by atoms with Crippen LogP contribution in [0.5, 0.6) is 5.75 Å². The van der Waals surface area contributed by atoms with Gasteiger partial charge in [-0.1, -0.05) is 0 Å². The second-order valence-corrected chi connectivity index (χ2v) is 5.10. The first-order valence-corrected chi connectivity index (χ1v) is 6.39. The van der Waals surface area contributed by atoms with Crippen molar-refractivity contribution in [3.63, 3.8) is 0 Å². The minimum atomic E-state index is -0.952. The maximum atomic E-state index is 11.0. The highest BCUT2D eigenvalue weighted by Gasteiger charge is 2.15. The summed E-state index contributed by atoms with van der Waals surface area (Å²) < 4.78 is 7.34. The zero-order valence-corrected chi connectivity index (χ0v) is 11.0. The van der Waals surface area contributed by atoms with Crippen LogP contribution in [0.15, 0.2) is 18.5 Å². The Kier molecular flexibility index (Phi) is 3.66. The fourth-order valence-electron chi connectivity index (χ4n) is 1.56. The number of rotatable bonds is 5. The maximum absolute atomic E-state index is 11.0. The molecular formula is C12H14N2O3S. The molecule has 2 aromatic heterocycles. The smallest absolute Gasteiger partial charge is 0.349 e. The summed E-state index contributed by atoms with van der Waals surface area (Å²) in [5, 5.41) is 13.2. The number of aromatic carboxylic acids is 1. The summed E-state index contributed by atoms with van der Waals surface area (Å²) >= 11 is 1.22. The van der Waals surface area contributed by atoms with Gasteiger partial charge < -0.3 is 9.84 Å². The SMILES string of the molecule is CCn1cc(COc2cc(C)sc2C(=O)O)cn1. The molecule has 18 heavy (non-hydrogen) atoms. The molecular weight excluding hydrogens is 252 g/mol. The molecule has 2 heterocycles. The molecule has 0 bridgehead atoms. The summed E-state index contributed by atoms with van der Waals surface area (Å²) in [7, 11) is 0. The van der Waals surface area contributed by atoms with Gasteiger partial charge in [0.05, 0.1) is 6.20 Å². The van der Waals surface area contributed by atoms with Crippen molar-refractivity contribution in [3.8, 4) is 5.75 Å². The van der Waals surface area contributed by atoms with Gasteiger partial charge in [-0.3, -0.25) is 4.68 Å². The molecule has 0 radical (unpaired) electrons. The first-order chi connectivity index (χ1) is 8.60. The summed E-state index contributed by atoms with van der Waals surface area (Å²) in [6.07, 6.45) is 3.61. The number of hydrogen-bond acceptors (Lipinski definition) is 4. The van der Waals surface area contributed by atoms with Crippen molar-refractivity contribution in [2.75, 3.05) is 0 Å². The van der Waals surface area contributed by atoms with E-state index in [0.29, 0.717) is 12.4 Å². The number of carbonyl (C=O) groups is 1. The van der Waals surface area contributed by atoms with Crippen molar-refractivity contribution in [2.45, 2.75) is 27.0 Å². The van der Waals surface area contributed by atoms with E-state index in [1.54, 1.807) is 16.9 Å². The van der Waals surface area contributed by atoms with E-state index in [4.69, 9.17) is 9.84 Å². The van der Waals surface area contributed by atoms with Crippen LogP contribution in [-0.4, -0.2) is 20.9 Å². The average Bonchev–Trinajstić information content (AvgIpc) is 2.92. The number of aryl methyl sites for hydroxylation is 2. The van der Waals surface area contributed by atoms with Gasteiger partial charge in [-0.2, -0.15) is 5.10 Å². The lowest BCUT2D eigenvalue weighted by atomic mass is 10.3. The molecule has 0 unspecified atom stereocenters. The Hall–Kier alpha value is -1.82. The van der Waals surface area contributed by atoms with Crippen molar-refractivity contribution in [1.82, 2.24) is 9.78 Å². The molecule has 6 heteroatoms. The largest absolute Gasteiger partial charge is 0.487 e. The molecule has 96 valence electrons. The van der Waals surface area contributed by atoms with Crippen molar-refractivity contribution < 1.29 is 14.6 Å². The predicted molar refractivity (Wildman–Crippen MR) is 68.2 cm³/mol. The quantitative estimate of drug-likeness (QED) is 0.903. The molecule has 0 aromatic carbocycles. The van der Waals surface area contributed by atoms with Crippen LogP contribution in [0.3, 0.4) is 0 Å². The highest BCUT2D eigenvalue weighted by Crippen LogP contribution is 2.29. The Bertz CT molecular complexity index is 559. The third-order valence-corrected chi connectivity index (χ3v) is 3.44. The summed E-state index contributed by atoms with van der Waals surface area (Å²) in [6.45, 7) is 5.00. The van der Waals surface area contributed by atoms with Gasteiger partial charge in [0.1, 0.15) is 12.4 Å². The lowest BCUT2D eigenvalue weighted by Crippen LogP contribution is -1.99. The van der Waals surface area contributed by atoms with Gasteiger partial charge in [0.25, 0.3) is 0 Å². The average molecular weight is 266 g/mol. The minimum absolute atomic E-state index is 0.246. The summed E-state index contributed by atoms with van der Waals surface area (Å²) in [6, 6.07) is 1.75. The van der Waals surface area contributed by atoms with Crippen molar-refractivity contribution in [3.05, 3.63) is 33.8 Å². The van der Waals surface area contributed by atoms with E-state index >= 15 is 0 Å². The highest BCUT2D eigenvalue weighted by atomic mass is 32.1. The van der Waals surface area contributed by atoms with Gasteiger partial charge in [0.2, 0.25) is 0 Å². The Morgan fingerprint density at radius 1 is 1.61 bits per heavy atom. The number of carboxylic acid groups (broad SMARTS) is 1. The number of nitrogens with zero attached hydrogens (tertiary/aromatic N) is 2. The number of ether oxygens (including phenoxy) is 1. The molecule has 1 N–H and O–H groups in total. The molecule has 0 fully saturated rings. The van der Waals surface area contributed by atoms with Crippen LogP contribution in [0, 0.1) is 6.92 Å². The topological polar surface area (TPSA) is 64.3 Å². The molecule has 0 saturated heterocycles. The standard InChI is InChI=1S/C12H14N2O3S/c1-3-14-6-9(5-13-14)7-17-10-4-8(2)18-11(10)12(15)16/h4-6H,3,7H2,1-2H3,(H,15,16). The Balaban J connectivity index is 2.07. The number of carboxylic acids is 1. The second-order valence-electron chi connectivity index (χ2n) is 3.85. The van der Waals surface area contributed by atoms with Crippen LogP contribution < -0.4 is 4.74 Å². The third-order valence-electron chi connectivity index (χ3n) is 2.42. The van der Waals surface area contributed by atoms with Crippen molar-refractivity contribution >= 4 is 17.3 Å². The molecule has 0 aliphatic carbocycles. The van der Waals surface area contributed by atoms with Crippen LogP contribution in [0.2, 0.25) is 0 Å². The van der Waals surface area contributed by atoms with E-state index in [1.165, 1.54) is 11.3 Å². The maximum Gasteiger partial charge on any atom is 0.349 e. The normalized spacial score (nSPS) is 10.6. The Morgan fingerprint density at radius 3 is 3.00 bits per heavy atom. The van der Waals surface area contributed by atoms with E-state index in [-0.39, 0.29) is 4.88 Å². The third kappa shape index (κ3) is 2.70. The predicted octanol–water partition coefficient (Wildman–Crippen LogP) is 2.55. The summed E-state index contributed by atoms with van der Waals surface area (Å²) in [5.74, 6) is -0.526. The molecule has 0 amide bonds. The van der Waals surface area contributed by atoms with Gasteiger partial charge in [-0.05, 0) is 19.9 Å². The Morgan fingerprint density at radius 2 is 2.39 bits per heavy atom. The molecule has 5 nitrogen and oxygen atoms in total. The van der Waals surface area contributed by atoms with Gasteiger partial charge in [0.15, 0.2) is 4.88 Å².